The summed E-state index contributed by atoms with van der Waals surface area (Å²) in [6.45, 7) is 3.64. The van der Waals surface area contributed by atoms with Gasteiger partial charge in [-0.2, -0.15) is 0 Å². The summed E-state index contributed by atoms with van der Waals surface area (Å²) < 4.78 is 35.7. The minimum Gasteiger partial charge on any atom is -0.477 e. The highest BCUT2D eigenvalue weighted by molar-refractivity contribution is 6.38. The SMILES string of the molecule is O=C(O)c1cn([C@H]2C[C@H]2F)c2c(Cl)c(N3CCN(CCOCCO)CC3)c(F)cc2c1=O. The molecule has 8 nitrogen and oxygen atoms in total. The Hall–Kier alpha value is -2.27. The van der Waals surface area contributed by atoms with Gasteiger partial charge in [-0.25, -0.2) is 13.6 Å². The molecule has 1 saturated heterocycles. The van der Waals surface area contributed by atoms with Crippen LogP contribution >= 0.6 is 11.6 Å². The van der Waals surface area contributed by atoms with Crippen molar-refractivity contribution in [1.82, 2.24) is 9.47 Å². The zero-order valence-corrected chi connectivity index (χ0v) is 18.0. The van der Waals surface area contributed by atoms with E-state index >= 15 is 4.39 Å². The third-order valence-electron chi connectivity index (χ3n) is 5.93. The van der Waals surface area contributed by atoms with Crippen molar-refractivity contribution in [2.24, 2.45) is 0 Å². The molecule has 4 rings (SSSR count). The average molecular weight is 472 g/mol. The largest absolute Gasteiger partial charge is 0.477 e. The van der Waals surface area contributed by atoms with E-state index in [4.69, 9.17) is 21.4 Å². The molecule has 1 aliphatic carbocycles. The number of rotatable bonds is 8. The lowest BCUT2D eigenvalue weighted by Crippen LogP contribution is -2.47. The molecular formula is C21H24ClF2N3O5. The zero-order valence-electron chi connectivity index (χ0n) is 17.3. The van der Waals surface area contributed by atoms with Crippen LogP contribution in [0.1, 0.15) is 22.8 Å². The monoisotopic (exact) mass is 471 g/mol. The van der Waals surface area contributed by atoms with Crippen LogP contribution in [0.2, 0.25) is 5.02 Å². The van der Waals surface area contributed by atoms with Gasteiger partial charge in [0.1, 0.15) is 17.6 Å². The van der Waals surface area contributed by atoms with Crippen molar-refractivity contribution in [3.8, 4) is 0 Å². The van der Waals surface area contributed by atoms with E-state index in [9.17, 15) is 19.1 Å². The summed E-state index contributed by atoms with van der Waals surface area (Å²) in [6.07, 6.45) is 0.107. The third-order valence-corrected chi connectivity index (χ3v) is 6.29. The molecule has 2 aliphatic rings. The summed E-state index contributed by atoms with van der Waals surface area (Å²) in [4.78, 5) is 28.1. The van der Waals surface area contributed by atoms with Gasteiger partial charge >= 0.3 is 5.97 Å². The number of pyridine rings is 1. The molecule has 1 aliphatic heterocycles. The lowest BCUT2D eigenvalue weighted by Gasteiger charge is -2.36. The molecule has 2 fully saturated rings. The number of carboxylic acids is 1. The first-order valence-corrected chi connectivity index (χ1v) is 10.8. The Labute approximate surface area is 187 Å². The van der Waals surface area contributed by atoms with Crippen molar-refractivity contribution in [1.29, 1.82) is 0 Å². The Morgan fingerprint density at radius 2 is 1.94 bits per heavy atom. The minimum absolute atomic E-state index is 0.0205. The van der Waals surface area contributed by atoms with E-state index in [1.165, 1.54) is 4.57 Å². The lowest BCUT2D eigenvalue weighted by molar-refractivity contribution is 0.0694. The fourth-order valence-corrected chi connectivity index (χ4v) is 4.54. The Kier molecular flexibility index (Phi) is 6.66. The van der Waals surface area contributed by atoms with E-state index in [-0.39, 0.29) is 41.2 Å². The number of aliphatic hydroxyl groups is 1. The van der Waals surface area contributed by atoms with Crippen LogP contribution in [0.5, 0.6) is 0 Å². The van der Waals surface area contributed by atoms with Crippen LogP contribution in [-0.4, -0.2) is 84.4 Å². The number of anilines is 1. The quantitative estimate of drug-likeness (QED) is 0.568. The van der Waals surface area contributed by atoms with Gasteiger partial charge in [-0.05, 0) is 6.07 Å². The van der Waals surface area contributed by atoms with E-state index < -0.39 is 35.0 Å². The summed E-state index contributed by atoms with van der Waals surface area (Å²) in [5.74, 6) is -2.18. The van der Waals surface area contributed by atoms with Crippen LogP contribution in [0.4, 0.5) is 14.5 Å². The Bertz CT molecular complexity index is 1090. The predicted molar refractivity (Wildman–Crippen MR) is 115 cm³/mol. The number of hydrogen-bond donors (Lipinski definition) is 2. The molecule has 2 atom stereocenters. The van der Waals surface area contributed by atoms with Crippen LogP contribution in [0.15, 0.2) is 17.1 Å². The summed E-state index contributed by atoms with van der Waals surface area (Å²) in [5.41, 5.74) is -1.11. The fourth-order valence-electron chi connectivity index (χ4n) is 4.13. The van der Waals surface area contributed by atoms with Gasteiger partial charge in [0.2, 0.25) is 5.43 Å². The summed E-state index contributed by atoms with van der Waals surface area (Å²) >= 11 is 6.60. The highest BCUT2D eigenvalue weighted by atomic mass is 35.5. The van der Waals surface area contributed by atoms with Gasteiger partial charge in [-0.15, -0.1) is 0 Å². The number of aromatic carboxylic acids is 1. The number of ether oxygens (including phenoxy) is 1. The van der Waals surface area contributed by atoms with Crippen LogP contribution in [0.25, 0.3) is 10.9 Å². The maximum Gasteiger partial charge on any atom is 0.341 e. The minimum atomic E-state index is -1.46. The highest BCUT2D eigenvalue weighted by Gasteiger charge is 2.41. The van der Waals surface area contributed by atoms with Crippen molar-refractivity contribution >= 4 is 34.2 Å². The number of nitrogens with zero attached hydrogens (tertiary/aromatic N) is 3. The molecule has 0 spiro atoms. The first-order valence-electron chi connectivity index (χ1n) is 10.4. The van der Waals surface area contributed by atoms with Gasteiger partial charge in [0, 0.05) is 45.3 Å². The third kappa shape index (κ3) is 4.32. The number of fused-ring (bicyclic) bond motifs is 1. The van der Waals surface area contributed by atoms with Gasteiger partial charge in [-0.3, -0.25) is 9.69 Å². The topological polar surface area (TPSA) is 95.2 Å². The van der Waals surface area contributed by atoms with Crippen molar-refractivity contribution in [2.75, 3.05) is 57.4 Å². The summed E-state index contributed by atoms with van der Waals surface area (Å²) in [7, 11) is 0. The molecular weight excluding hydrogens is 448 g/mol. The summed E-state index contributed by atoms with van der Waals surface area (Å²) in [6, 6.07) is 0.370. The number of carboxylic acid groups (broad SMARTS) is 1. The molecule has 0 radical (unpaired) electrons. The zero-order chi connectivity index (χ0) is 23.0. The number of carbonyl (C=O) groups is 1. The van der Waals surface area contributed by atoms with E-state index in [2.05, 4.69) is 4.90 Å². The van der Waals surface area contributed by atoms with Gasteiger partial charge in [0.25, 0.3) is 0 Å². The van der Waals surface area contributed by atoms with Crippen LogP contribution < -0.4 is 10.3 Å². The molecule has 0 amide bonds. The highest BCUT2D eigenvalue weighted by Crippen LogP contribution is 2.44. The second-order valence-electron chi connectivity index (χ2n) is 7.99. The van der Waals surface area contributed by atoms with E-state index in [0.717, 1.165) is 12.3 Å². The van der Waals surface area contributed by atoms with Crippen LogP contribution in [-0.2, 0) is 4.74 Å². The number of aliphatic hydroxyl groups excluding tert-OH is 1. The number of benzene rings is 1. The van der Waals surface area contributed by atoms with Crippen LogP contribution in [0, 0.1) is 5.82 Å². The van der Waals surface area contributed by atoms with Gasteiger partial charge < -0.3 is 24.4 Å². The molecule has 32 heavy (non-hydrogen) atoms. The molecule has 1 aromatic heterocycles. The summed E-state index contributed by atoms with van der Waals surface area (Å²) in [5, 5.41) is 17.9. The average Bonchev–Trinajstić information content (AvgIpc) is 3.49. The predicted octanol–water partition coefficient (Wildman–Crippen LogP) is 1.91. The second-order valence-corrected chi connectivity index (χ2v) is 8.36. The van der Waals surface area contributed by atoms with E-state index in [1.54, 1.807) is 4.90 Å². The molecule has 1 saturated carbocycles. The Balaban J connectivity index is 1.66. The van der Waals surface area contributed by atoms with Crippen LogP contribution in [0.3, 0.4) is 0 Å². The molecule has 1 aromatic carbocycles. The Morgan fingerprint density at radius 3 is 2.53 bits per heavy atom. The number of halogens is 3. The first kappa shape index (κ1) is 22.9. The lowest BCUT2D eigenvalue weighted by atomic mass is 10.1. The van der Waals surface area contributed by atoms with E-state index in [1.807, 2.05) is 0 Å². The number of alkyl halides is 1. The molecule has 174 valence electrons. The van der Waals surface area contributed by atoms with E-state index in [0.29, 0.717) is 39.3 Å². The molecule has 2 aromatic rings. The van der Waals surface area contributed by atoms with Crippen molar-refractivity contribution in [3.05, 3.63) is 38.9 Å². The van der Waals surface area contributed by atoms with Crippen molar-refractivity contribution in [2.45, 2.75) is 18.6 Å². The van der Waals surface area contributed by atoms with Crippen molar-refractivity contribution in [3.63, 3.8) is 0 Å². The van der Waals surface area contributed by atoms with Crippen molar-refractivity contribution < 1.29 is 28.5 Å². The maximum atomic E-state index is 15.1. The molecule has 2 N–H and O–H groups in total. The molecule has 2 heterocycles. The number of aromatic nitrogens is 1. The smallest absolute Gasteiger partial charge is 0.341 e. The number of piperazine rings is 1. The first-order chi connectivity index (χ1) is 15.3. The van der Waals surface area contributed by atoms with Gasteiger partial charge in [0.15, 0.2) is 0 Å². The Morgan fingerprint density at radius 1 is 1.25 bits per heavy atom. The molecule has 11 heteroatoms. The standard InChI is InChI=1S/C21H24ClF2N3O5/c22-17-18-12(20(29)13(21(30)31)11-27(18)16-10-14(16)23)9-15(24)19(17)26-3-1-25(2-4-26)5-7-32-8-6-28/h9,11,14,16,28H,1-8,10H2,(H,30,31)/t14-,16+/m1/s1. The molecule has 0 bridgehead atoms. The fraction of sp³-hybridized carbons (Fsp3) is 0.524. The second kappa shape index (κ2) is 9.30. The van der Waals surface area contributed by atoms with Gasteiger partial charge in [0.05, 0.1) is 47.5 Å². The molecule has 0 unspecified atom stereocenters. The number of hydrogen-bond acceptors (Lipinski definition) is 6. The normalized spacial score (nSPS) is 21.3. The maximum absolute atomic E-state index is 15.1. The van der Waals surface area contributed by atoms with Gasteiger partial charge in [-0.1, -0.05) is 11.6 Å².